The van der Waals surface area contributed by atoms with Gasteiger partial charge in [0.15, 0.2) is 0 Å². The van der Waals surface area contributed by atoms with E-state index in [2.05, 4.69) is 0 Å². The van der Waals surface area contributed by atoms with Crippen molar-refractivity contribution in [1.29, 1.82) is 0 Å². The molecule has 0 saturated carbocycles. The van der Waals surface area contributed by atoms with Crippen molar-refractivity contribution in [2.45, 2.75) is 31.3 Å². The maximum Gasteiger partial charge on any atom is 0.242 e. The molecular formula is C11H22N2O3. The van der Waals surface area contributed by atoms with Crippen LogP contribution in [-0.2, 0) is 14.3 Å². The van der Waals surface area contributed by atoms with Crippen molar-refractivity contribution in [3.8, 4) is 0 Å². The van der Waals surface area contributed by atoms with Crippen LogP contribution in [0.5, 0.6) is 0 Å². The van der Waals surface area contributed by atoms with E-state index in [1.54, 1.807) is 19.1 Å². The summed E-state index contributed by atoms with van der Waals surface area (Å²) in [6.07, 6.45) is 1.19. The summed E-state index contributed by atoms with van der Waals surface area (Å²) in [5.41, 5.74) is 5.37. The summed E-state index contributed by atoms with van der Waals surface area (Å²) in [5, 5.41) is 0. The van der Waals surface area contributed by atoms with Crippen LogP contribution in [0.25, 0.3) is 0 Å². The number of likely N-dealkylation sites (N-methyl/N-ethyl adjacent to an activating group) is 1. The molecule has 1 fully saturated rings. The molecule has 0 bridgehead atoms. The van der Waals surface area contributed by atoms with Gasteiger partial charge in [-0.15, -0.1) is 0 Å². The van der Waals surface area contributed by atoms with Crippen LogP contribution in [0.4, 0.5) is 0 Å². The Kier molecular flexibility index (Phi) is 4.70. The lowest BCUT2D eigenvalue weighted by Crippen LogP contribution is -2.59. The number of methoxy groups -OCH3 is 1. The number of amides is 1. The molecule has 1 amide bonds. The Hall–Kier alpha value is -0.650. The second-order valence-electron chi connectivity index (χ2n) is 4.49. The van der Waals surface area contributed by atoms with Gasteiger partial charge in [-0.2, -0.15) is 0 Å². The highest BCUT2D eigenvalue weighted by Crippen LogP contribution is 2.20. The highest BCUT2D eigenvalue weighted by atomic mass is 16.5. The Balaban J connectivity index is 2.61. The molecule has 1 heterocycles. The van der Waals surface area contributed by atoms with Crippen LogP contribution in [-0.4, -0.2) is 56.4 Å². The zero-order valence-corrected chi connectivity index (χ0v) is 10.4. The summed E-state index contributed by atoms with van der Waals surface area (Å²) < 4.78 is 10.3. The minimum absolute atomic E-state index is 0.0136. The Morgan fingerprint density at radius 1 is 1.56 bits per heavy atom. The minimum Gasteiger partial charge on any atom is -0.383 e. The summed E-state index contributed by atoms with van der Waals surface area (Å²) in [4.78, 5) is 13.9. The van der Waals surface area contributed by atoms with Gasteiger partial charge in [0, 0.05) is 27.4 Å². The van der Waals surface area contributed by atoms with Gasteiger partial charge in [-0.05, 0) is 19.8 Å². The highest BCUT2D eigenvalue weighted by molar-refractivity contribution is 5.86. The molecule has 1 aliphatic rings. The standard InChI is InChI=1S/C11H22N2O3/c1-9(8-15-3)13(2)10(14)11(12)4-6-16-7-5-11/h9H,4-8,12H2,1-3H3. The zero-order valence-electron chi connectivity index (χ0n) is 10.4. The van der Waals surface area contributed by atoms with E-state index >= 15 is 0 Å². The second-order valence-corrected chi connectivity index (χ2v) is 4.49. The number of nitrogens with two attached hydrogens (primary N) is 1. The summed E-state index contributed by atoms with van der Waals surface area (Å²) in [5.74, 6) is -0.0136. The molecule has 1 saturated heterocycles. The normalized spacial score (nSPS) is 21.5. The van der Waals surface area contributed by atoms with Gasteiger partial charge in [0.25, 0.3) is 0 Å². The molecule has 2 N–H and O–H groups in total. The van der Waals surface area contributed by atoms with E-state index in [9.17, 15) is 4.79 Å². The van der Waals surface area contributed by atoms with Gasteiger partial charge in [0.1, 0.15) is 0 Å². The average Bonchev–Trinajstić information content (AvgIpc) is 2.28. The quantitative estimate of drug-likeness (QED) is 0.737. The summed E-state index contributed by atoms with van der Waals surface area (Å²) in [6.45, 7) is 3.60. The molecular weight excluding hydrogens is 208 g/mol. The van der Waals surface area contributed by atoms with Crippen molar-refractivity contribution in [2.75, 3.05) is 34.0 Å². The van der Waals surface area contributed by atoms with E-state index in [-0.39, 0.29) is 11.9 Å². The maximum atomic E-state index is 12.2. The monoisotopic (exact) mass is 230 g/mol. The van der Waals surface area contributed by atoms with Crippen molar-refractivity contribution < 1.29 is 14.3 Å². The molecule has 1 atom stereocenters. The molecule has 0 aromatic rings. The van der Waals surface area contributed by atoms with Crippen LogP contribution in [0.3, 0.4) is 0 Å². The second kappa shape index (κ2) is 5.61. The van der Waals surface area contributed by atoms with Gasteiger partial charge in [-0.1, -0.05) is 0 Å². The van der Waals surface area contributed by atoms with Gasteiger partial charge >= 0.3 is 0 Å². The fraction of sp³-hybridized carbons (Fsp3) is 0.909. The number of carbonyl (C=O) groups is 1. The van der Waals surface area contributed by atoms with Gasteiger partial charge in [0.2, 0.25) is 5.91 Å². The number of rotatable bonds is 4. The molecule has 5 heteroatoms. The van der Waals surface area contributed by atoms with E-state index in [0.29, 0.717) is 32.7 Å². The molecule has 1 aliphatic heterocycles. The Morgan fingerprint density at radius 2 is 2.12 bits per heavy atom. The average molecular weight is 230 g/mol. The van der Waals surface area contributed by atoms with Crippen molar-refractivity contribution in [1.82, 2.24) is 4.90 Å². The van der Waals surface area contributed by atoms with E-state index in [1.807, 2.05) is 6.92 Å². The van der Waals surface area contributed by atoms with Crippen LogP contribution >= 0.6 is 0 Å². The summed E-state index contributed by atoms with van der Waals surface area (Å²) in [6, 6.07) is 0.0424. The molecule has 5 nitrogen and oxygen atoms in total. The van der Waals surface area contributed by atoms with Crippen LogP contribution in [0, 0.1) is 0 Å². The third kappa shape index (κ3) is 2.93. The maximum absolute atomic E-state index is 12.2. The van der Waals surface area contributed by atoms with Crippen LogP contribution in [0.2, 0.25) is 0 Å². The molecule has 16 heavy (non-hydrogen) atoms. The van der Waals surface area contributed by atoms with Gasteiger partial charge in [0.05, 0.1) is 18.2 Å². The Bertz CT molecular complexity index is 239. The lowest BCUT2D eigenvalue weighted by atomic mass is 9.89. The van der Waals surface area contributed by atoms with Crippen molar-refractivity contribution in [3.63, 3.8) is 0 Å². The van der Waals surface area contributed by atoms with E-state index in [4.69, 9.17) is 15.2 Å². The van der Waals surface area contributed by atoms with Crippen LogP contribution < -0.4 is 5.73 Å². The van der Waals surface area contributed by atoms with Crippen molar-refractivity contribution in [3.05, 3.63) is 0 Å². The topological polar surface area (TPSA) is 64.8 Å². The molecule has 0 radical (unpaired) electrons. The smallest absolute Gasteiger partial charge is 0.242 e. The van der Waals surface area contributed by atoms with Gasteiger partial charge in [-0.3, -0.25) is 4.79 Å². The predicted octanol–water partition coefficient (Wildman–Crippen LogP) is -0.0124. The summed E-state index contributed by atoms with van der Waals surface area (Å²) >= 11 is 0. The van der Waals surface area contributed by atoms with E-state index < -0.39 is 5.54 Å². The fourth-order valence-corrected chi connectivity index (χ4v) is 1.85. The zero-order chi connectivity index (χ0) is 12.2. The van der Waals surface area contributed by atoms with Crippen molar-refractivity contribution in [2.24, 2.45) is 5.73 Å². The largest absolute Gasteiger partial charge is 0.383 e. The first-order valence-electron chi connectivity index (χ1n) is 5.64. The first kappa shape index (κ1) is 13.4. The first-order chi connectivity index (χ1) is 7.51. The predicted molar refractivity (Wildman–Crippen MR) is 61.1 cm³/mol. The summed E-state index contributed by atoms with van der Waals surface area (Å²) in [7, 11) is 3.40. The molecule has 0 spiro atoms. The molecule has 94 valence electrons. The fourth-order valence-electron chi connectivity index (χ4n) is 1.85. The number of hydrogen-bond donors (Lipinski definition) is 1. The third-order valence-corrected chi connectivity index (χ3v) is 3.20. The Labute approximate surface area is 96.9 Å². The molecule has 0 aromatic heterocycles. The highest BCUT2D eigenvalue weighted by Gasteiger charge is 2.38. The lowest BCUT2D eigenvalue weighted by Gasteiger charge is -2.37. The SMILES string of the molecule is COCC(C)N(C)C(=O)C1(N)CCOCC1. The molecule has 1 rings (SSSR count). The Morgan fingerprint density at radius 3 is 2.62 bits per heavy atom. The van der Waals surface area contributed by atoms with E-state index in [1.165, 1.54) is 0 Å². The molecule has 1 unspecified atom stereocenters. The van der Waals surface area contributed by atoms with E-state index in [0.717, 1.165) is 0 Å². The first-order valence-corrected chi connectivity index (χ1v) is 5.64. The number of carbonyl (C=O) groups excluding carboxylic acids is 1. The van der Waals surface area contributed by atoms with Crippen LogP contribution in [0.1, 0.15) is 19.8 Å². The van der Waals surface area contributed by atoms with Crippen LogP contribution in [0.15, 0.2) is 0 Å². The third-order valence-electron chi connectivity index (χ3n) is 3.20. The number of ether oxygens (including phenoxy) is 2. The number of nitrogens with zero attached hydrogens (tertiary/aromatic N) is 1. The van der Waals surface area contributed by atoms with Gasteiger partial charge < -0.3 is 20.1 Å². The molecule has 0 aromatic carbocycles. The number of hydrogen-bond acceptors (Lipinski definition) is 4. The minimum atomic E-state index is -0.755. The van der Waals surface area contributed by atoms with Gasteiger partial charge in [-0.25, -0.2) is 0 Å². The van der Waals surface area contributed by atoms with Crippen molar-refractivity contribution >= 4 is 5.91 Å². The molecule has 0 aliphatic carbocycles. The lowest BCUT2D eigenvalue weighted by molar-refractivity contribution is -0.142.